The third-order valence-corrected chi connectivity index (χ3v) is 4.48. The molecule has 0 saturated carbocycles. The molecular weight excluding hydrogens is 322 g/mol. The van der Waals surface area contributed by atoms with E-state index < -0.39 is 0 Å². The minimum Gasteiger partial charge on any atom is -0.486 e. The number of ether oxygens (including phenoxy) is 2. The topological polar surface area (TPSA) is 79.9 Å². The van der Waals surface area contributed by atoms with Gasteiger partial charge in [0.2, 0.25) is 11.8 Å². The smallest absolute Gasteiger partial charge is 0.243 e. The lowest BCUT2D eigenvalue weighted by atomic mass is 10.1. The Kier molecular flexibility index (Phi) is 5.75. The van der Waals surface area contributed by atoms with Crippen LogP contribution >= 0.6 is 0 Å². The zero-order valence-corrected chi connectivity index (χ0v) is 14.5. The molecule has 7 nitrogen and oxygen atoms in total. The molecule has 0 bridgehead atoms. The Hall–Kier alpha value is -2.28. The second-order valence-electron chi connectivity index (χ2n) is 6.31. The quantitative estimate of drug-likeness (QED) is 0.813. The Morgan fingerprint density at radius 2 is 2.08 bits per heavy atom. The van der Waals surface area contributed by atoms with E-state index in [1.165, 1.54) is 0 Å². The standard InChI is InChI=1S/C18H25N3O4/c1-2-21(18(23)11-13-4-3-7-19-13)12-17(22)20-14-5-6-15-16(10-14)25-9-8-24-15/h5-6,10,13,19H,2-4,7-9,11-12H2,1H3,(H,20,22). The highest BCUT2D eigenvalue weighted by Gasteiger charge is 2.22. The van der Waals surface area contributed by atoms with Gasteiger partial charge in [-0.15, -0.1) is 0 Å². The number of nitrogens with one attached hydrogen (secondary N) is 2. The molecule has 1 aromatic carbocycles. The van der Waals surface area contributed by atoms with Crippen LogP contribution in [0.15, 0.2) is 18.2 Å². The lowest BCUT2D eigenvalue weighted by Gasteiger charge is -2.22. The number of hydrogen-bond donors (Lipinski definition) is 2. The highest BCUT2D eigenvalue weighted by Crippen LogP contribution is 2.32. The van der Waals surface area contributed by atoms with Gasteiger partial charge in [-0.3, -0.25) is 9.59 Å². The van der Waals surface area contributed by atoms with E-state index in [2.05, 4.69) is 10.6 Å². The molecule has 2 N–H and O–H groups in total. The van der Waals surface area contributed by atoms with Crippen molar-refractivity contribution in [1.29, 1.82) is 0 Å². The molecule has 1 fully saturated rings. The van der Waals surface area contributed by atoms with Gasteiger partial charge in [0, 0.05) is 30.8 Å². The number of fused-ring (bicyclic) bond motifs is 1. The molecule has 2 amide bonds. The van der Waals surface area contributed by atoms with E-state index in [0.29, 0.717) is 43.4 Å². The summed E-state index contributed by atoms with van der Waals surface area (Å²) < 4.78 is 11.0. The van der Waals surface area contributed by atoms with Gasteiger partial charge >= 0.3 is 0 Å². The zero-order chi connectivity index (χ0) is 17.6. The summed E-state index contributed by atoms with van der Waals surface area (Å²) in [5, 5.41) is 6.14. The number of carbonyl (C=O) groups is 2. The van der Waals surface area contributed by atoms with Crippen molar-refractivity contribution in [2.24, 2.45) is 0 Å². The summed E-state index contributed by atoms with van der Waals surface area (Å²) in [5.41, 5.74) is 0.634. The second-order valence-corrected chi connectivity index (χ2v) is 6.31. The van der Waals surface area contributed by atoms with E-state index in [-0.39, 0.29) is 24.4 Å². The van der Waals surface area contributed by atoms with Crippen molar-refractivity contribution >= 4 is 17.5 Å². The van der Waals surface area contributed by atoms with Crippen LogP contribution in [0.5, 0.6) is 11.5 Å². The molecule has 1 saturated heterocycles. The lowest BCUT2D eigenvalue weighted by Crippen LogP contribution is -2.40. The van der Waals surface area contributed by atoms with Crippen LogP contribution in [-0.2, 0) is 9.59 Å². The Morgan fingerprint density at radius 1 is 1.28 bits per heavy atom. The normalized spacial score (nSPS) is 18.7. The second kappa shape index (κ2) is 8.20. The number of amides is 2. The molecule has 2 aliphatic heterocycles. The van der Waals surface area contributed by atoms with Crippen molar-refractivity contribution in [2.45, 2.75) is 32.2 Å². The van der Waals surface area contributed by atoms with Crippen LogP contribution in [0.4, 0.5) is 5.69 Å². The third-order valence-electron chi connectivity index (χ3n) is 4.48. The highest BCUT2D eigenvalue weighted by molar-refractivity contribution is 5.94. The zero-order valence-electron chi connectivity index (χ0n) is 14.5. The molecule has 136 valence electrons. The molecule has 0 spiro atoms. The molecule has 1 atom stereocenters. The van der Waals surface area contributed by atoms with Crippen molar-refractivity contribution in [3.8, 4) is 11.5 Å². The third kappa shape index (κ3) is 4.63. The molecule has 7 heteroatoms. The average Bonchev–Trinajstić information content (AvgIpc) is 3.12. The predicted molar refractivity (Wildman–Crippen MR) is 94.0 cm³/mol. The summed E-state index contributed by atoms with van der Waals surface area (Å²) in [5.74, 6) is 1.10. The van der Waals surface area contributed by atoms with Gasteiger partial charge in [-0.2, -0.15) is 0 Å². The van der Waals surface area contributed by atoms with Crippen LogP contribution in [-0.4, -0.2) is 55.6 Å². The molecule has 25 heavy (non-hydrogen) atoms. The van der Waals surface area contributed by atoms with Crippen LogP contribution in [0.25, 0.3) is 0 Å². The predicted octanol–water partition coefficient (Wildman–Crippen LogP) is 1.39. The van der Waals surface area contributed by atoms with Gasteiger partial charge in [0.15, 0.2) is 11.5 Å². The van der Waals surface area contributed by atoms with E-state index in [1.807, 2.05) is 6.92 Å². The first-order valence-electron chi connectivity index (χ1n) is 8.86. The molecule has 0 aliphatic carbocycles. The van der Waals surface area contributed by atoms with Crippen molar-refractivity contribution in [3.05, 3.63) is 18.2 Å². The van der Waals surface area contributed by atoms with Crippen LogP contribution < -0.4 is 20.1 Å². The monoisotopic (exact) mass is 347 g/mol. The molecule has 0 aromatic heterocycles. The summed E-state index contributed by atoms with van der Waals surface area (Å²) in [6.07, 6.45) is 2.58. The minimum absolute atomic E-state index is 0.0132. The molecule has 3 rings (SSSR count). The maximum absolute atomic E-state index is 12.4. The Balaban J connectivity index is 1.54. The van der Waals surface area contributed by atoms with Gasteiger partial charge in [0.05, 0.1) is 6.54 Å². The molecule has 0 radical (unpaired) electrons. The fourth-order valence-corrected chi connectivity index (χ4v) is 3.14. The summed E-state index contributed by atoms with van der Waals surface area (Å²) in [7, 11) is 0. The SMILES string of the molecule is CCN(CC(=O)Nc1ccc2c(c1)OCCO2)C(=O)CC1CCCN1. The number of benzene rings is 1. The summed E-state index contributed by atoms with van der Waals surface area (Å²) in [6, 6.07) is 5.53. The van der Waals surface area contributed by atoms with Gasteiger partial charge < -0.3 is 25.0 Å². The van der Waals surface area contributed by atoms with Crippen LogP contribution in [0.1, 0.15) is 26.2 Å². The lowest BCUT2D eigenvalue weighted by molar-refractivity contribution is -0.134. The molecular formula is C18H25N3O4. The van der Waals surface area contributed by atoms with Crippen molar-refractivity contribution in [1.82, 2.24) is 10.2 Å². The fraction of sp³-hybridized carbons (Fsp3) is 0.556. The maximum Gasteiger partial charge on any atom is 0.243 e. The fourth-order valence-electron chi connectivity index (χ4n) is 3.14. The Morgan fingerprint density at radius 3 is 2.80 bits per heavy atom. The van der Waals surface area contributed by atoms with Gasteiger partial charge in [0.25, 0.3) is 0 Å². The number of nitrogens with zero attached hydrogens (tertiary/aromatic N) is 1. The molecule has 1 unspecified atom stereocenters. The molecule has 2 heterocycles. The van der Waals surface area contributed by atoms with Gasteiger partial charge in [-0.05, 0) is 38.4 Å². The number of carbonyl (C=O) groups excluding carboxylic acids is 2. The minimum atomic E-state index is -0.216. The van der Waals surface area contributed by atoms with Crippen molar-refractivity contribution in [3.63, 3.8) is 0 Å². The van der Waals surface area contributed by atoms with Crippen molar-refractivity contribution < 1.29 is 19.1 Å². The van der Waals surface area contributed by atoms with E-state index >= 15 is 0 Å². The van der Waals surface area contributed by atoms with E-state index in [9.17, 15) is 9.59 Å². The molecule has 2 aliphatic rings. The van der Waals surface area contributed by atoms with Gasteiger partial charge in [-0.1, -0.05) is 0 Å². The summed E-state index contributed by atoms with van der Waals surface area (Å²) >= 11 is 0. The number of hydrogen-bond acceptors (Lipinski definition) is 5. The number of rotatable bonds is 6. The maximum atomic E-state index is 12.4. The Bertz CT molecular complexity index is 629. The van der Waals surface area contributed by atoms with Crippen LogP contribution in [0, 0.1) is 0 Å². The van der Waals surface area contributed by atoms with Crippen molar-refractivity contribution in [2.75, 3.05) is 38.2 Å². The first kappa shape index (κ1) is 17.5. The highest BCUT2D eigenvalue weighted by atomic mass is 16.6. The van der Waals surface area contributed by atoms with E-state index in [1.54, 1.807) is 23.1 Å². The summed E-state index contributed by atoms with van der Waals surface area (Å²) in [6.45, 7) is 4.45. The number of likely N-dealkylation sites (N-methyl/N-ethyl adjacent to an activating group) is 1. The van der Waals surface area contributed by atoms with Crippen LogP contribution in [0.3, 0.4) is 0 Å². The molecule has 1 aromatic rings. The largest absolute Gasteiger partial charge is 0.486 e. The Labute approximate surface area is 147 Å². The summed E-state index contributed by atoms with van der Waals surface area (Å²) in [4.78, 5) is 26.3. The van der Waals surface area contributed by atoms with Crippen LogP contribution in [0.2, 0.25) is 0 Å². The average molecular weight is 347 g/mol. The van der Waals surface area contributed by atoms with E-state index in [0.717, 1.165) is 19.4 Å². The number of anilines is 1. The van der Waals surface area contributed by atoms with Gasteiger partial charge in [-0.25, -0.2) is 0 Å². The first-order valence-corrected chi connectivity index (χ1v) is 8.86. The van der Waals surface area contributed by atoms with Gasteiger partial charge in [0.1, 0.15) is 13.2 Å². The van der Waals surface area contributed by atoms with E-state index in [4.69, 9.17) is 9.47 Å². The first-order chi connectivity index (χ1) is 12.2.